The van der Waals surface area contributed by atoms with Gasteiger partial charge in [-0.1, -0.05) is 30.3 Å². The molecule has 0 radical (unpaired) electrons. The van der Waals surface area contributed by atoms with Crippen LogP contribution >= 0.6 is 0 Å². The van der Waals surface area contributed by atoms with E-state index in [1.165, 1.54) is 12.1 Å². The Bertz CT molecular complexity index is 641. The number of benzene rings is 2. The maximum Gasteiger partial charge on any atom is 0.573 e. The average molecular weight is 308 g/mol. The van der Waals surface area contributed by atoms with Crippen molar-refractivity contribution in [2.45, 2.75) is 13.3 Å². The molecular weight excluding hydrogens is 293 g/mol. The van der Waals surface area contributed by atoms with E-state index in [2.05, 4.69) is 4.74 Å². The van der Waals surface area contributed by atoms with E-state index in [-0.39, 0.29) is 5.75 Å². The van der Waals surface area contributed by atoms with Gasteiger partial charge in [0.25, 0.3) is 0 Å². The minimum Gasteiger partial charge on any atom is -0.497 e. The lowest BCUT2D eigenvalue weighted by molar-refractivity contribution is -0.274. The summed E-state index contributed by atoms with van der Waals surface area (Å²) >= 11 is 0. The first-order valence-electron chi connectivity index (χ1n) is 6.56. The first-order chi connectivity index (χ1) is 10.4. The Labute approximate surface area is 126 Å². The second kappa shape index (κ2) is 6.56. The second-order valence-electron chi connectivity index (χ2n) is 4.67. The van der Waals surface area contributed by atoms with Gasteiger partial charge in [-0.05, 0) is 47.9 Å². The molecule has 0 aliphatic rings. The molecule has 0 amide bonds. The molecule has 0 unspecified atom stereocenters. The van der Waals surface area contributed by atoms with Crippen molar-refractivity contribution in [1.82, 2.24) is 0 Å². The Morgan fingerprint density at radius 2 is 1.45 bits per heavy atom. The van der Waals surface area contributed by atoms with Crippen molar-refractivity contribution in [2.24, 2.45) is 0 Å². The highest BCUT2D eigenvalue weighted by Crippen LogP contribution is 2.25. The summed E-state index contributed by atoms with van der Waals surface area (Å²) in [6.07, 6.45) is -2.73. The van der Waals surface area contributed by atoms with E-state index in [1.54, 1.807) is 19.2 Å². The van der Waals surface area contributed by atoms with Crippen molar-refractivity contribution in [3.63, 3.8) is 0 Å². The van der Waals surface area contributed by atoms with Crippen LogP contribution < -0.4 is 9.47 Å². The van der Waals surface area contributed by atoms with E-state index in [4.69, 9.17) is 4.74 Å². The number of ether oxygens (including phenoxy) is 2. The fourth-order valence-electron chi connectivity index (χ4n) is 1.95. The van der Waals surface area contributed by atoms with Gasteiger partial charge in [0.15, 0.2) is 0 Å². The van der Waals surface area contributed by atoms with Crippen molar-refractivity contribution in [3.8, 4) is 11.5 Å². The smallest absolute Gasteiger partial charge is 0.497 e. The molecule has 2 nitrogen and oxygen atoms in total. The summed E-state index contributed by atoms with van der Waals surface area (Å²) in [6.45, 7) is 1.89. The van der Waals surface area contributed by atoms with Crippen molar-refractivity contribution >= 4 is 11.6 Å². The molecule has 0 aromatic heterocycles. The van der Waals surface area contributed by atoms with Crippen molar-refractivity contribution in [1.29, 1.82) is 0 Å². The number of rotatable bonds is 4. The standard InChI is InChI=1S/C17H15F3O2/c1-12(11-13-3-7-15(21-2)8-4-13)14-5-9-16(10-6-14)22-17(18,19)20/h3-11H,1-2H3/b12-11+. The summed E-state index contributed by atoms with van der Waals surface area (Å²) in [6, 6.07) is 13.3. The number of halogens is 3. The molecule has 0 spiro atoms. The molecule has 0 aliphatic carbocycles. The zero-order valence-corrected chi connectivity index (χ0v) is 12.1. The molecule has 0 saturated carbocycles. The van der Waals surface area contributed by atoms with Gasteiger partial charge >= 0.3 is 6.36 Å². The van der Waals surface area contributed by atoms with Gasteiger partial charge in [0.05, 0.1) is 7.11 Å². The van der Waals surface area contributed by atoms with Gasteiger partial charge in [-0.15, -0.1) is 13.2 Å². The monoisotopic (exact) mass is 308 g/mol. The highest BCUT2D eigenvalue weighted by atomic mass is 19.4. The molecule has 2 aromatic rings. The normalized spacial score (nSPS) is 12.1. The summed E-state index contributed by atoms with van der Waals surface area (Å²) in [5, 5.41) is 0. The predicted molar refractivity (Wildman–Crippen MR) is 79.7 cm³/mol. The van der Waals surface area contributed by atoms with E-state index in [0.29, 0.717) is 0 Å². The van der Waals surface area contributed by atoms with Crippen LogP contribution in [0.15, 0.2) is 48.5 Å². The third-order valence-electron chi connectivity index (χ3n) is 3.04. The number of alkyl halides is 3. The maximum atomic E-state index is 12.1. The van der Waals surface area contributed by atoms with Gasteiger partial charge in [0, 0.05) is 0 Å². The third-order valence-corrected chi connectivity index (χ3v) is 3.04. The Morgan fingerprint density at radius 1 is 0.909 bits per heavy atom. The Kier molecular flexibility index (Phi) is 4.75. The fourth-order valence-corrected chi connectivity index (χ4v) is 1.95. The van der Waals surface area contributed by atoms with Gasteiger partial charge in [-0.25, -0.2) is 0 Å². The highest BCUT2D eigenvalue weighted by molar-refractivity contribution is 5.80. The summed E-state index contributed by atoms with van der Waals surface area (Å²) in [7, 11) is 1.60. The van der Waals surface area contributed by atoms with Crippen LogP contribution in [0.4, 0.5) is 13.2 Å². The van der Waals surface area contributed by atoms with Gasteiger partial charge in [-0.2, -0.15) is 0 Å². The second-order valence-corrected chi connectivity index (χ2v) is 4.67. The van der Waals surface area contributed by atoms with E-state index in [9.17, 15) is 13.2 Å². The Hall–Kier alpha value is -2.43. The molecule has 2 rings (SSSR count). The van der Waals surface area contributed by atoms with E-state index in [1.807, 2.05) is 37.3 Å². The molecule has 2 aromatic carbocycles. The molecule has 0 N–H and O–H groups in total. The van der Waals surface area contributed by atoms with Crippen LogP contribution in [0.2, 0.25) is 0 Å². The van der Waals surface area contributed by atoms with Crippen LogP contribution in [0.5, 0.6) is 11.5 Å². The molecule has 0 bridgehead atoms. The van der Waals surface area contributed by atoms with Crippen LogP contribution in [0, 0.1) is 0 Å². The van der Waals surface area contributed by atoms with Crippen molar-refractivity contribution in [2.75, 3.05) is 7.11 Å². The SMILES string of the molecule is COc1ccc(/C=C(\C)c2ccc(OC(F)(F)F)cc2)cc1. The molecule has 116 valence electrons. The van der Waals surface area contributed by atoms with E-state index >= 15 is 0 Å². The third kappa shape index (κ3) is 4.55. The van der Waals surface area contributed by atoms with Gasteiger partial charge in [0.1, 0.15) is 11.5 Å². The van der Waals surface area contributed by atoms with Crippen LogP contribution in [-0.4, -0.2) is 13.5 Å². The predicted octanol–water partition coefficient (Wildman–Crippen LogP) is 5.15. The number of hydrogen-bond acceptors (Lipinski definition) is 2. The molecule has 0 atom stereocenters. The van der Waals surface area contributed by atoms with Gasteiger partial charge < -0.3 is 9.47 Å². The molecule has 0 aliphatic heterocycles. The minimum absolute atomic E-state index is 0.228. The summed E-state index contributed by atoms with van der Waals surface area (Å²) in [5.74, 6) is 0.539. The molecule has 0 saturated heterocycles. The summed E-state index contributed by atoms with van der Waals surface area (Å²) in [5.41, 5.74) is 2.74. The lowest BCUT2D eigenvalue weighted by Gasteiger charge is -2.09. The lowest BCUT2D eigenvalue weighted by atomic mass is 10.0. The number of hydrogen-bond donors (Lipinski definition) is 0. The molecule has 0 heterocycles. The molecule has 22 heavy (non-hydrogen) atoms. The zero-order valence-electron chi connectivity index (χ0n) is 12.1. The van der Waals surface area contributed by atoms with E-state index in [0.717, 1.165) is 22.4 Å². The lowest BCUT2D eigenvalue weighted by Crippen LogP contribution is -2.16. The summed E-state index contributed by atoms with van der Waals surface area (Å²) in [4.78, 5) is 0. The van der Waals surface area contributed by atoms with Crippen molar-refractivity contribution in [3.05, 3.63) is 59.7 Å². The van der Waals surface area contributed by atoms with Crippen LogP contribution in [-0.2, 0) is 0 Å². The van der Waals surface area contributed by atoms with Crippen LogP contribution in [0.25, 0.3) is 11.6 Å². The largest absolute Gasteiger partial charge is 0.573 e. The first-order valence-corrected chi connectivity index (χ1v) is 6.56. The molecular formula is C17H15F3O2. The minimum atomic E-state index is -4.67. The van der Waals surface area contributed by atoms with E-state index < -0.39 is 6.36 Å². The van der Waals surface area contributed by atoms with Crippen LogP contribution in [0.1, 0.15) is 18.1 Å². The molecule has 5 heteroatoms. The zero-order chi connectivity index (χ0) is 16.2. The average Bonchev–Trinajstić information content (AvgIpc) is 2.47. The number of allylic oxidation sites excluding steroid dienone is 1. The Morgan fingerprint density at radius 3 is 1.95 bits per heavy atom. The Balaban J connectivity index is 2.14. The topological polar surface area (TPSA) is 18.5 Å². The highest BCUT2D eigenvalue weighted by Gasteiger charge is 2.30. The number of methoxy groups -OCH3 is 1. The maximum absolute atomic E-state index is 12.1. The first kappa shape index (κ1) is 15.9. The fraction of sp³-hybridized carbons (Fsp3) is 0.176. The van der Waals surface area contributed by atoms with Crippen molar-refractivity contribution < 1.29 is 22.6 Å². The van der Waals surface area contributed by atoms with Gasteiger partial charge in [-0.3, -0.25) is 0 Å². The quantitative estimate of drug-likeness (QED) is 0.727. The van der Waals surface area contributed by atoms with Gasteiger partial charge in [0.2, 0.25) is 0 Å². The summed E-state index contributed by atoms with van der Waals surface area (Å²) < 4.78 is 45.3. The molecule has 0 fully saturated rings. The van der Waals surface area contributed by atoms with Crippen LogP contribution in [0.3, 0.4) is 0 Å².